The quantitative estimate of drug-likeness (QED) is 0.623. The molecular formula is C17H26N2O2. The van der Waals surface area contributed by atoms with Crippen LogP contribution in [0.2, 0.25) is 0 Å². The number of phenols is 1. The molecule has 4 heteroatoms. The highest BCUT2D eigenvalue weighted by molar-refractivity contribution is 5.96. The van der Waals surface area contributed by atoms with E-state index < -0.39 is 0 Å². The van der Waals surface area contributed by atoms with Crippen LogP contribution in [0.4, 0.5) is 5.69 Å². The van der Waals surface area contributed by atoms with E-state index >= 15 is 0 Å². The van der Waals surface area contributed by atoms with Gasteiger partial charge in [-0.25, -0.2) is 0 Å². The molecule has 1 heterocycles. The first kappa shape index (κ1) is 15.8. The fraction of sp³-hybridized carbons (Fsp3) is 0.588. The number of likely N-dealkylation sites (tertiary alicyclic amines) is 1. The Morgan fingerprint density at radius 1 is 1.24 bits per heavy atom. The van der Waals surface area contributed by atoms with Gasteiger partial charge in [-0.15, -0.1) is 0 Å². The molecule has 1 aromatic rings. The summed E-state index contributed by atoms with van der Waals surface area (Å²) >= 11 is 0. The minimum Gasteiger partial charge on any atom is -0.506 e. The Kier molecular flexibility index (Phi) is 6.05. The van der Waals surface area contributed by atoms with Gasteiger partial charge in [-0.05, 0) is 44.1 Å². The van der Waals surface area contributed by atoms with Gasteiger partial charge in [0.1, 0.15) is 5.75 Å². The SMILES string of the molecule is CCC(=O)c1ccc(NCCN2CCCCCC2)c(O)c1. The Balaban J connectivity index is 1.84. The second kappa shape index (κ2) is 8.03. The highest BCUT2D eigenvalue weighted by Gasteiger charge is 2.10. The van der Waals surface area contributed by atoms with Crippen LogP contribution in [0.5, 0.6) is 5.75 Å². The molecule has 0 bridgehead atoms. The van der Waals surface area contributed by atoms with E-state index in [9.17, 15) is 9.90 Å². The third kappa shape index (κ3) is 4.74. The maximum absolute atomic E-state index is 11.6. The molecule has 1 aliphatic rings. The van der Waals surface area contributed by atoms with Gasteiger partial charge in [0.25, 0.3) is 0 Å². The number of carbonyl (C=O) groups is 1. The Morgan fingerprint density at radius 2 is 1.95 bits per heavy atom. The second-order valence-corrected chi connectivity index (χ2v) is 5.69. The average Bonchev–Trinajstić information content (AvgIpc) is 2.77. The van der Waals surface area contributed by atoms with Crippen LogP contribution < -0.4 is 5.32 Å². The number of benzene rings is 1. The molecule has 0 radical (unpaired) electrons. The molecule has 1 aliphatic heterocycles. The van der Waals surface area contributed by atoms with Crippen LogP contribution in [0.1, 0.15) is 49.4 Å². The van der Waals surface area contributed by atoms with Gasteiger partial charge in [0.2, 0.25) is 0 Å². The standard InChI is InChI=1S/C17H26N2O2/c1-2-16(20)14-7-8-15(17(21)13-14)18-9-12-19-10-5-3-4-6-11-19/h7-8,13,18,21H,2-6,9-12H2,1H3. The molecule has 4 nitrogen and oxygen atoms in total. The first-order valence-corrected chi connectivity index (χ1v) is 8.03. The number of rotatable bonds is 6. The molecule has 0 spiro atoms. The number of phenolic OH excluding ortho intramolecular Hbond substituents is 1. The molecule has 2 rings (SSSR count). The van der Waals surface area contributed by atoms with Crippen molar-refractivity contribution in [3.8, 4) is 5.75 Å². The zero-order chi connectivity index (χ0) is 15.1. The molecular weight excluding hydrogens is 264 g/mol. The molecule has 0 unspecified atom stereocenters. The van der Waals surface area contributed by atoms with E-state index in [0.717, 1.165) is 13.1 Å². The second-order valence-electron chi connectivity index (χ2n) is 5.69. The van der Waals surface area contributed by atoms with Crippen molar-refractivity contribution in [1.29, 1.82) is 0 Å². The summed E-state index contributed by atoms with van der Waals surface area (Å²) < 4.78 is 0. The van der Waals surface area contributed by atoms with E-state index in [1.165, 1.54) is 38.8 Å². The van der Waals surface area contributed by atoms with E-state index in [4.69, 9.17) is 0 Å². The van der Waals surface area contributed by atoms with Crippen molar-refractivity contribution in [2.45, 2.75) is 39.0 Å². The molecule has 0 atom stereocenters. The molecule has 0 aromatic heterocycles. The largest absolute Gasteiger partial charge is 0.506 e. The highest BCUT2D eigenvalue weighted by atomic mass is 16.3. The highest BCUT2D eigenvalue weighted by Crippen LogP contribution is 2.24. The maximum Gasteiger partial charge on any atom is 0.162 e. The van der Waals surface area contributed by atoms with E-state index in [-0.39, 0.29) is 11.5 Å². The number of ketones is 1. The lowest BCUT2D eigenvalue weighted by atomic mass is 10.1. The summed E-state index contributed by atoms with van der Waals surface area (Å²) in [7, 11) is 0. The lowest BCUT2D eigenvalue weighted by Gasteiger charge is -2.20. The fourth-order valence-electron chi connectivity index (χ4n) is 2.77. The number of Topliss-reactive ketones (excluding diaryl/α,β-unsaturated/α-hetero) is 1. The monoisotopic (exact) mass is 290 g/mol. The zero-order valence-corrected chi connectivity index (χ0v) is 12.9. The molecule has 116 valence electrons. The number of aromatic hydroxyl groups is 1. The average molecular weight is 290 g/mol. The molecule has 1 aromatic carbocycles. The first-order chi connectivity index (χ1) is 10.2. The molecule has 1 saturated heterocycles. The minimum atomic E-state index is 0.0569. The van der Waals surface area contributed by atoms with Crippen LogP contribution in [0.3, 0.4) is 0 Å². The minimum absolute atomic E-state index is 0.0569. The molecule has 2 N–H and O–H groups in total. The van der Waals surface area contributed by atoms with Crippen LogP contribution in [0.25, 0.3) is 0 Å². The summed E-state index contributed by atoms with van der Waals surface area (Å²) in [5, 5.41) is 13.3. The van der Waals surface area contributed by atoms with Crippen molar-refractivity contribution in [2.75, 3.05) is 31.5 Å². The fourth-order valence-corrected chi connectivity index (χ4v) is 2.77. The summed E-state index contributed by atoms with van der Waals surface area (Å²) in [5.74, 6) is 0.214. The van der Waals surface area contributed by atoms with Crippen molar-refractivity contribution >= 4 is 11.5 Å². The number of hydrogen-bond donors (Lipinski definition) is 2. The Labute approximate surface area is 127 Å². The number of nitrogens with one attached hydrogen (secondary N) is 1. The van der Waals surface area contributed by atoms with Crippen molar-refractivity contribution < 1.29 is 9.90 Å². The first-order valence-electron chi connectivity index (χ1n) is 8.03. The molecule has 0 saturated carbocycles. The van der Waals surface area contributed by atoms with Crippen LogP contribution in [-0.2, 0) is 0 Å². The lowest BCUT2D eigenvalue weighted by Crippen LogP contribution is -2.29. The Morgan fingerprint density at radius 3 is 2.57 bits per heavy atom. The van der Waals surface area contributed by atoms with Gasteiger partial charge in [-0.2, -0.15) is 0 Å². The van der Waals surface area contributed by atoms with E-state index in [2.05, 4.69) is 10.2 Å². The summed E-state index contributed by atoms with van der Waals surface area (Å²) in [4.78, 5) is 14.1. The summed E-state index contributed by atoms with van der Waals surface area (Å²) in [6.45, 7) is 5.99. The van der Waals surface area contributed by atoms with Crippen molar-refractivity contribution in [3.05, 3.63) is 23.8 Å². The van der Waals surface area contributed by atoms with E-state index in [1.54, 1.807) is 18.2 Å². The van der Waals surface area contributed by atoms with E-state index in [1.807, 2.05) is 6.92 Å². The summed E-state index contributed by atoms with van der Waals surface area (Å²) in [6, 6.07) is 5.13. The third-order valence-electron chi connectivity index (χ3n) is 4.08. The maximum atomic E-state index is 11.6. The molecule has 0 amide bonds. The van der Waals surface area contributed by atoms with Crippen molar-refractivity contribution in [3.63, 3.8) is 0 Å². The van der Waals surface area contributed by atoms with Crippen LogP contribution in [0, 0.1) is 0 Å². The predicted octanol–water partition coefficient (Wildman–Crippen LogP) is 3.27. The van der Waals surface area contributed by atoms with Gasteiger partial charge >= 0.3 is 0 Å². The predicted molar refractivity (Wildman–Crippen MR) is 86.1 cm³/mol. The van der Waals surface area contributed by atoms with Gasteiger partial charge < -0.3 is 15.3 Å². The normalized spacial score (nSPS) is 16.4. The van der Waals surface area contributed by atoms with Gasteiger partial charge in [0.05, 0.1) is 5.69 Å². The van der Waals surface area contributed by atoms with Crippen LogP contribution >= 0.6 is 0 Å². The Bertz CT molecular complexity index is 466. The topological polar surface area (TPSA) is 52.6 Å². The molecule has 1 fully saturated rings. The number of hydrogen-bond acceptors (Lipinski definition) is 4. The lowest BCUT2D eigenvalue weighted by molar-refractivity contribution is 0.0988. The van der Waals surface area contributed by atoms with Crippen LogP contribution in [-0.4, -0.2) is 42.0 Å². The van der Waals surface area contributed by atoms with E-state index in [0.29, 0.717) is 17.7 Å². The number of anilines is 1. The molecule has 21 heavy (non-hydrogen) atoms. The van der Waals surface area contributed by atoms with Gasteiger partial charge in [-0.1, -0.05) is 19.8 Å². The van der Waals surface area contributed by atoms with Gasteiger partial charge in [0.15, 0.2) is 5.78 Å². The van der Waals surface area contributed by atoms with Crippen molar-refractivity contribution in [1.82, 2.24) is 4.90 Å². The van der Waals surface area contributed by atoms with Gasteiger partial charge in [-0.3, -0.25) is 4.79 Å². The van der Waals surface area contributed by atoms with Gasteiger partial charge in [0, 0.05) is 25.1 Å². The Hall–Kier alpha value is -1.55. The van der Waals surface area contributed by atoms with Crippen LogP contribution in [0.15, 0.2) is 18.2 Å². The smallest absolute Gasteiger partial charge is 0.162 e. The number of carbonyl (C=O) groups excluding carboxylic acids is 1. The summed E-state index contributed by atoms with van der Waals surface area (Å²) in [6.07, 6.45) is 5.73. The zero-order valence-electron chi connectivity index (χ0n) is 12.9. The number of nitrogens with zero attached hydrogens (tertiary/aromatic N) is 1. The molecule has 0 aliphatic carbocycles. The third-order valence-corrected chi connectivity index (χ3v) is 4.08. The summed E-state index contributed by atoms with van der Waals surface area (Å²) in [5.41, 5.74) is 1.28. The van der Waals surface area contributed by atoms with Crippen molar-refractivity contribution in [2.24, 2.45) is 0 Å².